The predicted octanol–water partition coefficient (Wildman–Crippen LogP) is 2.98. The van der Waals surface area contributed by atoms with E-state index >= 15 is 0 Å². The molecule has 0 radical (unpaired) electrons. The van der Waals surface area contributed by atoms with Crippen LogP contribution in [-0.4, -0.2) is 31.4 Å². The lowest BCUT2D eigenvalue weighted by Gasteiger charge is -2.24. The Morgan fingerprint density at radius 2 is 1.72 bits per heavy atom. The van der Waals surface area contributed by atoms with Gasteiger partial charge in [-0.05, 0) is 33.1 Å². The van der Waals surface area contributed by atoms with Gasteiger partial charge in [0.05, 0.1) is 19.8 Å². The summed E-state index contributed by atoms with van der Waals surface area (Å²) in [4.78, 5) is 11.9. The van der Waals surface area contributed by atoms with Gasteiger partial charge in [0.2, 0.25) is 0 Å². The largest absolute Gasteiger partial charge is 0.465 e. The zero-order valence-electron chi connectivity index (χ0n) is 11.4. The molecule has 1 rings (SSSR count). The maximum Gasteiger partial charge on any atom is 0.344 e. The average molecular weight is 278 g/mol. The van der Waals surface area contributed by atoms with E-state index in [1.165, 1.54) is 0 Å². The Hall–Kier alpha value is -0.380. The van der Waals surface area contributed by atoms with Gasteiger partial charge in [-0.2, -0.15) is 0 Å². The second-order valence-electron chi connectivity index (χ2n) is 4.32. The molecule has 0 aliphatic heterocycles. The van der Waals surface area contributed by atoms with Crippen molar-refractivity contribution >= 4 is 13.6 Å². The molecule has 0 aromatic rings. The Balaban J connectivity index is 2.81. The molecule has 0 bridgehead atoms. The van der Waals surface area contributed by atoms with Crippen molar-refractivity contribution in [3.63, 3.8) is 0 Å². The molecule has 1 aliphatic rings. The first kappa shape index (κ1) is 15.7. The first-order valence-corrected chi connectivity index (χ1v) is 8.24. The topological polar surface area (TPSA) is 61.8 Å². The summed E-state index contributed by atoms with van der Waals surface area (Å²) in [5.41, 5.74) is -0.773. The molecule has 6 heteroatoms. The van der Waals surface area contributed by atoms with Gasteiger partial charge in [0.15, 0.2) is 5.66 Å². The molecular formula is C12H23O5P. The summed E-state index contributed by atoms with van der Waals surface area (Å²) < 4.78 is 28.2. The molecule has 5 nitrogen and oxygen atoms in total. The SMILES string of the molecule is CCOC(=O)C(CC1CC1)P(=O)(OCC)OCC. The van der Waals surface area contributed by atoms with E-state index < -0.39 is 19.2 Å². The predicted molar refractivity (Wildman–Crippen MR) is 68.6 cm³/mol. The Morgan fingerprint density at radius 1 is 1.17 bits per heavy atom. The van der Waals surface area contributed by atoms with Gasteiger partial charge >= 0.3 is 13.6 Å². The fourth-order valence-electron chi connectivity index (χ4n) is 1.84. The lowest BCUT2D eigenvalue weighted by molar-refractivity contribution is -0.143. The molecule has 18 heavy (non-hydrogen) atoms. The molecule has 1 saturated carbocycles. The molecule has 0 saturated heterocycles. The van der Waals surface area contributed by atoms with E-state index in [9.17, 15) is 9.36 Å². The summed E-state index contributed by atoms with van der Waals surface area (Å²) in [5.74, 6) is -0.0109. The average Bonchev–Trinajstić information content (AvgIpc) is 3.10. The summed E-state index contributed by atoms with van der Waals surface area (Å²) in [6, 6.07) is 0. The van der Waals surface area contributed by atoms with Gasteiger partial charge in [0, 0.05) is 0 Å². The molecule has 1 fully saturated rings. The standard InChI is InChI=1S/C12H23O5P/c1-4-15-12(13)11(9-10-7-8-10)18(14,16-5-2)17-6-3/h10-11H,4-9H2,1-3H3. The molecule has 0 N–H and O–H groups in total. The Morgan fingerprint density at radius 3 is 2.11 bits per heavy atom. The van der Waals surface area contributed by atoms with Gasteiger partial charge in [-0.15, -0.1) is 0 Å². The van der Waals surface area contributed by atoms with Crippen LogP contribution in [0.5, 0.6) is 0 Å². The van der Waals surface area contributed by atoms with Crippen LogP contribution in [0.3, 0.4) is 0 Å². The Bertz CT molecular complexity index is 304. The lowest BCUT2D eigenvalue weighted by Crippen LogP contribution is -2.26. The summed E-state index contributed by atoms with van der Waals surface area (Å²) in [7, 11) is -3.40. The van der Waals surface area contributed by atoms with E-state index in [-0.39, 0.29) is 19.8 Å². The highest BCUT2D eigenvalue weighted by Crippen LogP contribution is 2.57. The fraction of sp³-hybridized carbons (Fsp3) is 0.917. The van der Waals surface area contributed by atoms with E-state index in [1.807, 2.05) is 0 Å². The summed E-state index contributed by atoms with van der Waals surface area (Å²) in [6.07, 6.45) is 2.69. The number of carbonyl (C=O) groups excluding carboxylic acids is 1. The molecule has 0 aromatic heterocycles. The van der Waals surface area contributed by atoms with Gasteiger partial charge < -0.3 is 13.8 Å². The van der Waals surface area contributed by atoms with Crippen LogP contribution in [0, 0.1) is 5.92 Å². The number of carbonyl (C=O) groups is 1. The summed E-state index contributed by atoms with van der Waals surface area (Å²) in [5, 5.41) is 0. The fourth-order valence-corrected chi connectivity index (χ4v) is 3.88. The minimum absolute atomic E-state index is 0.262. The number of esters is 1. The maximum atomic E-state index is 12.6. The number of ether oxygens (including phenoxy) is 1. The van der Waals surface area contributed by atoms with Crippen LogP contribution in [0.1, 0.15) is 40.0 Å². The van der Waals surface area contributed by atoms with Crippen LogP contribution in [0.2, 0.25) is 0 Å². The van der Waals surface area contributed by atoms with Crippen LogP contribution < -0.4 is 0 Å². The van der Waals surface area contributed by atoms with Crippen LogP contribution in [0.15, 0.2) is 0 Å². The number of rotatable bonds is 9. The van der Waals surface area contributed by atoms with Crippen LogP contribution in [0.25, 0.3) is 0 Å². The van der Waals surface area contributed by atoms with Crippen molar-refractivity contribution in [3.8, 4) is 0 Å². The smallest absolute Gasteiger partial charge is 0.344 e. The Kier molecular flexibility index (Phi) is 6.33. The molecule has 1 atom stereocenters. The molecule has 0 spiro atoms. The first-order valence-electron chi connectivity index (χ1n) is 6.62. The van der Waals surface area contributed by atoms with Gasteiger partial charge in [0.25, 0.3) is 0 Å². The third-order valence-corrected chi connectivity index (χ3v) is 5.23. The molecule has 1 unspecified atom stereocenters. The van der Waals surface area contributed by atoms with Crippen LogP contribution >= 0.6 is 7.60 Å². The highest BCUT2D eigenvalue weighted by atomic mass is 31.2. The summed E-state index contributed by atoms with van der Waals surface area (Å²) >= 11 is 0. The third kappa shape index (κ3) is 4.38. The van der Waals surface area contributed by atoms with Crippen LogP contribution in [0.4, 0.5) is 0 Å². The van der Waals surface area contributed by atoms with Crippen molar-refractivity contribution < 1.29 is 23.1 Å². The van der Waals surface area contributed by atoms with Crippen molar-refractivity contribution in [2.45, 2.75) is 45.7 Å². The van der Waals surface area contributed by atoms with E-state index in [1.54, 1.807) is 20.8 Å². The molecule has 106 valence electrons. The van der Waals surface area contributed by atoms with Crippen molar-refractivity contribution in [1.82, 2.24) is 0 Å². The van der Waals surface area contributed by atoms with Crippen molar-refractivity contribution in [2.75, 3.05) is 19.8 Å². The quantitative estimate of drug-likeness (QED) is 0.479. The van der Waals surface area contributed by atoms with E-state index in [4.69, 9.17) is 13.8 Å². The van der Waals surface area contributed by atoms with Crippen LogP contribution in [-0.2, 0) is 23.1 Å². The van der Waals surface area contributed by atoms with Gasteiger partial charge in [-0.3, -0.25) is 9.36 Å². The van der Waals surface area contributed by atoms with Gasteiger partial charge in [-0.1, -0.05) is 12.8 Å². The van der Waals surface area contributed by atoms with Crippen molar-refractivity contribution in [1.29, 1.82) is 0 Å². The maximum absolute atomic E-state index is 12.6. The van der Waals surface area contributed by atoms with E-state index in [0.717, 1.165) is 12.8 Å². The highest BCUT2D eigenvalue weighted by Gasteiger charge is 2.45. The monoisotopic (exact) mass is 278 g/mol. The second kappa shape index (κ2) is 7.27. The third-order valence-electron chi connectivity index (χ3n) is 2.81. The molecule has 0 amide bonds. The summed E-state index contributed by atoms with van der Waals surface area (Å²) in [6.45, 7) is 6.02. The van der Waals surface area contributed by atoms with Crippen molar-refractivity contribution in [2.24, 2.45) is 5.92 Å². The normalized spacial score (nSPS) is 17.5. The van der Waals surface area contributed by atoms with Gasteiger partial charge in [0.1, 0.15) is 0 Å². The van der Waals surface area contributed by atoms with E-state index in [0.29, 0.717) is 12.3 Å². The second-order valence-corrected chi connectivity index (χ2v) is 6.54. The van der Waals surface area contributed by atoms with E-state index in [2.05, 4.69) is 0 Å². The minimum atomic E-state index is -3.40. The molecule has 0 heterocycles. The first-order chi connectivity index (χ1) is 8.57. The highest BCUT2D eigenvalue weighted by molar-refractivity contribution is 7.55. The van der Waals surface area contributed by atoms with Gasteiger partial charge in [-0.25, -0.2) is 0 Å². The molecule has 0 aromatic carbocycles. The lowest BCUT2D eigenvalue weighted by atomic mass is 10.2. The van der Waals surface area contributed by atoms with Crippen molar-refractivity contribution in [3.05, 3.63) is 0 Å². The minimum Gasteiger partial charge on any atom is -0.465 e. The number of hydrogen-bond donors (Lipinski definition) is 0. The molecule has 1 aliphatic carbocycles. The zero-order valence-corrected chi connectivity index (χ0v) is 12.3. The Labute approximate surface area is 109 Å². The number of hydrogen-bond acceptors (Lipinski definition) is 5. The zero-order chi connectivity index (χ0) is 13.6. The molecular weight excluding hydrogens is 255 g/mol.